The first kappa shape index (κ1) is 18.4. The maximum Gasteiger partial charge on any atom is 0.338 e. The van der Waals surface area contributed by atoms with E-state index in [0.29, 0.717) is 16.8 Å². The number of halogens is 1. The van der Waals surface area contributed by atoms with E-state index >= 15 is 0 Å². The Kier molecular flexibility index (Phi) is 5.91. The monoisotopic (exact) mass is 360 g/mol. The van der Waals surface area contributed by atoms with E-state index in [1.54, 1.807) is 19.1 Å². The van der Waals surface area contributed by atoms with Crippen molar-refractivity contribution in [1.82, 2.24) is 10.6 Å². The van der Waals surface area contributed by atoms with E-state index in [1.165, 1.54) is 31.4 Å². The highest BCUT2D eigenvalue weighted by Gasteiger charge is 2.33. The van der Waals surface area contributed by atoms with Crippen molar-refractivity contribution in [1.29, 1.82) is 0 Å². The van der Waals surface area contributed by atoms with Crippen molar-refractivity contribution in [3.63, 3.8) is 0 Å². The van der Waals surface area contributed by atoms with Crippen molar-refractivity contribution in [2.24, 2.45) is 0 Å². The van der Waals surface area contributed by atoms with Gasteiger partial charge in [-0.05, 0) is 50.3 Å². The fourth-order valence-corrected chi connectivity index (χ4v) is 3.62. The number of amides is 2. The van der Waals surface area contributed by atoms with E-state index in [2.05, 4.69) is 10.6 Å². The lowest BCUT2D eigenvalue weighted by Gasteiger charge is -2.29. The molecule has 0 aromatic heterocycles. The lowest BCUT2D eigenvalue weighted by atomic mass is 9.95. The molecule has 2 N–H and O–H groups in total. The number of allylic oxidation sites excluding steroid dienone is 1. The average Bonchev–Trinajstić information content (AvgIpc) is 2.57. The van der Waals surface area contributed by atoms with Crippen LogP contribution >= 0.6 is 0 Å². The number of urea groups is 1. The smallest absolute Gasteiger partial charge is 0.338 e. The standard InChI is InChI=1S/C20H25FN2O3/c1-13-17(19(24)26-16-7-5-3-2-4-6-8-16)18(23-20(25)22-13)14-9-11-15(21)12-10-14/h9-12,16,18H,2-8H2,1H3,(H2,22,23,25)/t18-/m1/s1. The Labute approximate surface area is 153 Å². The zero-order chi connectivity index (χ0) is 18.5. The zero-order valence-electron chi connectivity index (χ0n) is 15.0. The molecular weight excluding hydrogens is 335 g/mol. The Bertz CT molecular complexity index is 692. The second-order valence-corrected chi connectivity index (χ2v) is 6.99. The molecular formula is C20H25FN2O3. The Hall–Kier alpha value is -2.37. The molecule has 0 spiro atoms. The van der Waals surface area contributed by atoms with Crippen LogP contribution in [0.15, 0.2) is 35.5 Å². The highest BCUT2D eigenvalue weighted by atomic mass is 19.1. The van der Waals surface area contributed by atoms with Crippen LogP contribution in [-0.4, -0.2) is 18.1 Å². The van der Waals surface area contributed by atoms with E-state index in [0.717, 1.165) is 25.7 Å². The van der Waals surface area contributed by atoms with Gasteiger partial charge in [-0.2, -0.15) is 0 Å². The molecule has 1 aromatic rings. The summed E-state index contributed by atoms with van der Waals surface area (Å²) in [6, 6.07) is 4.74. The summed E-state index contributed by atoms with van der Waals surface area (Å²) in [5.41, 5.74) is 1.49. The van der Waals surface area contributed by atoms with Crippen LogP contribution in [0.5, 0.6) is 0 Å². The van der Waals surface area contributed by atoms with Crippen molar-refractivity contribution >= 4 is 12.0 Å². The van der Waals surface area contributed by atoms with Crippen molar-refractivity contribution in [3.8, 4) is 0 Å². The van der Waals surface area contributed by atoms with E-state index in [-0.39, 0.29) is 18.0 Å². The van der Waals surface area contributed by atoms with E-state index in [1.807, 2.05) is 0 Å². The molecule has 0 unspecified atom stereocenters. The quantitative estimate of drug-likeness (QED) is 0.797. The van der Waals surface area contributed by atoms with E-state index < -0.39 is 12.0 Å². The van der Waals surface area contributed by atoms with Crippen LogP contribution in [0.3, 0.4) is 0 Å². The van der Waals surface area contributed by atoms with Crippen LogP contribution in [0.4, 0.5) is 9.18 Å². The minimum absolute atomic E-state index is 0.0883. The number of nitrogens with one attached hydrogen (secondary N) is 2. The zero-order valence-corrected chi connectivity index (χ0v) is 15.0. The number of rotatable bonds is 3. The number of hydrogen-bond acceptors (Lipinski definition) is 3. The first-order valence-corrected chi connectivity index (χ1v) is 9.29. The summed E-state index contributed by atoms with van der Waals surface area (Å²) in [4.78, 5) is 24.8. The topological polar surface area (TPSA) is 67.4 Å². The van der Waals surface area contributed by atoms with Crippen molar-refractivity contribution in [3.05, 3.63) is 46.9 Å². The summed E-state index contributed by atoms with van der Waals surface area (Å²) in [6.07, 6.45) is 7.37. The van der Waals surface area contributed by atoms with Crippen LogP contribution in [0, 0.1) is 5.82 Å². The van der Waals surface area contributed by atoms with Crippen LogP contribution < -0.4 is 10.6 Å². The molecule has 0 bridgehead atoms. The number of benzene rings is 1. The van der Waals surface area contributed by atoms with Gasteiger partial charge in [0.05, 0.1) is 11.6 Å². The molecule has 0 radical (unpaired) electrons. The van der Waals surface area contributed by atoms with Gasteiger partial charge in [-0.1, -0.05) is 31.4 Å². The molecule has 1 saturated carbocycles. The highest BCUT2D eigenvalue weighted by Crippen LogP contribution is 2.29. The summed E-state index contributed by atoms with van der Waals surface area (Å²) in [5.74, 6) is -0.789. The summed E-state index contributed by atoms with van der Waals surface area (Å²) in [6.45, 7) is 1.68. The third-order valence-electron chi connectivity index (χ3n) is 5.02. The first-order valence-electron chi connectivity index (χ1n) is 9.29. The molecule has 1 aliphatic heterocycles. The minimum Gasteiger partial charge on any atom is -0.459 e. The molecule has 3 rings (SSSR count). The predicted octanol–water partition coefficient (Wildman–Crippen LogP) is 4.11. The van der Waals surface area contributed by atoms with E-state index in [4.69, 9.17) is 4.74 Å². The Morgan fingerprint density at radius 1 is 1.08 bits per heavy atom. The molecule has 1 fully saturated rings. The molecule has 2 amide bonds. The van der Waals surface area contributed by atoms with Gasteiger partial charge in [0.1, 0.15) is 11.9 Å². The lowest BCUT2D eigenvalue weighted by molar-refractivity contribution is -0.145. The van der Waals surface area contributed by atoms with Crippen molar-refractivity contribution in [2.75, 3.05) is 0 Å². The number of carbonyl (C=O) groups excluding carboxylic acids is 2. The normalized spacial score (nSPS) is 22.1. The molecule has 1 heterocycles. The number of hydrogen-bond donors (Lipinski definition) is 2. The van der Waals surface area contributed by atoms with Crippen molar-refractivity contribution < 1.29 is 18.7 Å². The first-order chi connectivity index (χ1) is 12.5. The molecule has 1 atom stereocenters. The summed E-state index contributed by atoms with van der Waals surface area (Å²) in [7, 11) is 0. The summed E-state index contributed by atoms with van der Waals surface area (Å²) >= 11 is 0. The molecule has 140 valence electrons. The Balaban J connectivity index is 1.81. The van der Waals surface area contributed by atoms with Crippen LogP contribution in [0.25, 0.3) is 0 Å². The minimum atomic E-state index is -0.648. The van der Waals surface area contributed by atoms with Gasteiger partial charge < -0.3 is 15.4 Å². The van der Waals surface area contributed by atoms with Gasteiger partial charge >= 0.3 is 12.0 Å². The second kappa shape index (κ2) is 8.34. The molecule has 1 aromatic carbocycles. The predicted molar refractivity (Wildman–Crippen MR) is 95.7 cm³/mol. The van der Waals surface area contributed by atoms with Crippen molar-refractivity contribution in [2.45, 2.75) is 64.0 Å². The molecule has 26 heavy (non-hydrogen) atoms. The Morgan fingerprint density at radius 2 is 1.69 bits per heavy atom. The third kappa shape index (κ3) is 4.42. The molecule has 1 aliphatic carbocycles. The third-order valence-corrected chi connectivity index (χ3v) is 5.02. The summed E-state index contributed by atoms with van der Waals surface area (Å²) < 4.78 is 19.0. The van der Waals surface area contributed by atoms with Gasteiger partial charge in [-0.25, -0.2) is 14.0 Å². The van der Waals surface area contributed by atoms with Gasteiger partial charge in [0.2, 0.25) is 0 Å². The Morgan fingerprint density at radius 3 is 2.35 bits per heavy atom. The average molecular weight is 360 g/mol. The maximum absolute atomic E-state index is 13.2. The fraction of sp³-hybridized carbons (Fsp3) is 0.500. The van der Waals surface area contributed by atoms with Gasteiger partial charge in [0, 0.05) is 5.70 Å². The van der Waals surface area contributed by atoms with Crippen LogP contribution in [-0.2, 0) is 9.53 Å². The number of ether oxygens (including phenoxy) is 1. The molecule has 0 saturated heterocycles. The van der Waals surface area contributed by atoms with Crippen LogP contribution in [0.2, 0.25) is 0 Å². The largest absolute Gasteiger partial charge is 0.459 e. The lowest BCUT2D eigenvalue weighted by Crippen LogP contribution is -2.45. The SMILES string of the molecule is CC1=C(C(=O)OC2CCCCCCC2)[C@@H](c2ccc(F)cc2)NC(=O)N1. The van der Waals surface area contributed by atoms with Gasteiger partial charge in [-0.15, -0.1) is 0 Å². The van der Waals surface area contributed by atoms with Crippen LogP contribution in [0.1, 0.15) is 63.5 Å². The highest BCUT2D eigenvalue weighted by molar-refractivity contribution is 5.95. The molecule has 6 heteroatoms. The number of carbonyl (C=O) groups is 2. The van der Waals surface area contributed by atoms with Gasteiger partial charge in [0.15, 0.2) is 0 Å². The maximum atomic E-state index is 13.2. The van der Waals surface area contributed by atoms with Gasteiger partial charge in [0.25, 0.3) is 0 Å². The number of esters is 1. The molecule has 5 nitrogen and oxygen atoms in total. The summed E-state index contributed by atoms with van der Waals surface area (Å²) in [5, 5.41) is 5.38. The fourth-order valence-electron chi connectivity index (χ4n) is 3.62. The second-order valence-electron chi connectivity index (χ2n) is 6.99. The van der Waals surface area contributed by atoms with Gasteiger partial charge in [-0.3, -0.25) is 0 Å². The molecule has 2 aliphatic rings. The van der Waals surface area contributed by atoms with E-state index in [9.17, 15) is 14.0 Å².